The van der Waals surface area contributed by atoms with Gasteiger partial charge in [-0.15, -0.1) is 0 Å². The van der Waals surface area contributed by atoms with Crippen LogP contribution in [-0.2, 0) is 32.7 Å². The van der Waals surface area contributed by atoms with Crippen molar-refractivity contribution >= 4 is 19.8 Å². The number of carbonyl (C=O) groups excluding carboxylic acids is 1. The van der Waals surface area contributed by atoms with Crippen molar-refractivity contribution in [2.24, 2.45) is 5.73 Å². The van der Waals surface area contributed by atoms with Gasteiger partial charge >= 0.3 is 19.8 Å². The van der Waals surface area contributed by atoms with Crippen LogP contribution in [0.5, 0.6) is 0 Å². The summed E-state index contributed by atoms with van der Waals surface area (Å²) in [5.41, 5.74) is 5.35. The van der Waals surface area contributed by atoms with Crippen molar-refractivity contribution in [1.82, 2.24) is 0 Å². The van der Waals surface area contributed by atoms with E-state index in [1.807, 2.05) is 0 Å². The van der Waals surface area contributed by atoms with Crippen LogP contribution in [0.4, 0.5) is 0 Å². The second kappa shape index (κ2) is 42.5. The van der Waals surface area contributed by atoms with E-state index in [9.17, 15) is 19.0 Å². The van der Waals surface area contributed by atoms with Gasteiger partial charge in [0.25, 0.3) is 0 Å². The minimum Gasteiger partial charge on any atom is -0.480 e. The average molecular weight is 836 g/mol. The Labute approximate surface area is 353 Å². The predicted octanol–water partition coefficient (Wildman–Crippen LogP) is 12.6. The number of allylic oxidation sites excluding steroid dienone is 12. The summed E-state index contributed by atoms with van der Waals surface area (Å²) in [4.78, 5) is 33.5. The van der Waals surface area contributed by atoms with Crippen LogP contribution in [-0.4, -0.2) is 60.5 Å². The molecule has 58 heavy (non-hydrogen) atoms. The number of carboxylic acid groups (broad SMARTS) is 1. The van der Waals surface area contributed by atoms with Gasteiger partial charge in [0.1, 0.15) is 12.1 Å². The van der Waals surface area contributed by atoms with E-state index in [2.05, 4.69) is 86.8 Å². The molecule has 3 unspecified atom stereocenters. The topological polar surface area (TPSA) is 155 Å². The van der Waals surface area contributed by atoms with Gasteiger partial charge in [-0.2, -0.15) is 0 Å². The van der Waals surface area contributed by atoms with Gasteiger partial charge in [-0.1, -0.05) is 177 Å². The van der Waals surface area contributed by atoms with Crippen molar-refractivity contribution in [3.63, 3.8) is 0 Å². The number of unbranched alkanes of at least 4 members (excludes halogenated alkanes) is 16. The number of aliphatic carboxylic acids is 1. The van der Waals surface area contributed by atoms with E-state index in [0.717, 1.165) is 83.5 Å². The summed E-state index contributed by atoms with van der Waals surface area (Å²) in [7, 11) is -4.63. The van der Waals surface area contributed by atoms with Gasteiger partial charge < -0.3 is 25.2 Å². The first-order valence-corrected chi connectivity index (χ1v) is 24.0. The Morgan fingerprint density at radius 1 is 0.569 bits per heavy atom. The molecule has 0 aromatic heterocycles. The number of hydrogen-bond donors (Lipinski definition) is 3. The lowest BCUT2D eigenvalue weighted by Crippen LogP contribution is -2.34. The summed E-state index contributed by atoms with van der Waals surface area (Å²) in [6.07, 6.45) is 52.4. The Balaban J connectivity index is 4.27. The average Bonchev–Trinajstić information content (AvgIpc) is 3.20. The van der Waals surface area contributed by atoms with Gasteiger partial charge in [0, 0.05) is 13.0 Å². The lowest BCUT2D eigenvalue weighted by atomic mass is 10.0. The summed E-state index contributed by atoms with van der Waals surface area (Å²) in [6.45, 7) is 3.73. The molecule has 0 rings (SSSR count). The zero-order valence-electron chi connectivity index (χ0n) is 36.4. The molecule has 0 aromatic carbocycles. The first-order valence-electron chi connectivity index (χ1n) is 22.5. The van der Waals surface area contributed by atoms with Crippen LogP contribution in [0.25, 0.3) is 0 Å². The molecule has 0 amide bonds. The minimum absolute atomic E-state index is 0.00456. The highest BCUT2D eigenvalue weighted by Crippen LogP contribution is 2.43. The Hall–Kier alpha value is -2.59. The standard InChI is InChI=1S/C47H82NO9P/c1-3-5-7-9-11-13-15-17-18-19-20-21-22-23-24-25-26-27-29-31-33-35-37-39-46(49)57-44(42-55-58(52,53)56-43-45(48)47(50)51)41-54-40-38-36-34-32-30-28-16-14-12-10-8-6-4-2/h5,7,11,13,17-18,20-21,23-24,26-27,44-45H,3-4,6,8-10,12,14-16,19,22,25,28-43,48H2,1-2H3,(H,50,51)(H,52,53)/b7-5-,13-11-,18-17-,21-20-,24-23-,27-26-. The maximum atomic E-state index is 12.6. The molecule has 10 nitrogen and oxygen atoms in total. The van der Waals surface area contributed by atoms with Crippen molar-refractivity contribution < 1.29 is 42.7 Å². The molecule has 0 spiro atoms. The highest BCUT2D eigenvalue weighted by Gasteiger charge is 2.27. The fraction of sp³-hybridized carbons (Fsp3) is 0.702. The van der Waals surface area contributed by atoms with Crippen LogP contribution in [0.2, 0.25) is 0 Å². The van der Waals surface area contributed by atoms with Crippen LogP contribution in [0.1, 0.15) is 174 Å². The number of carbonyl (C=O) groups is 2. The van der Waals surface area contributed by atoms with Crippen LogP contribution in [0, 0.1) is 0 Å². The molecule has 334 valence electrons. The maximum absolute atomic E-state index is 12.6. The lowest BCUT2D eigenvalue weighted by molar-refractivity contribution is -0.154. The molecule has 0 radical (unpaired) electrons. The first kappa shape index (κ1) is 55.4. The molecule has 3 atom stereocenters. The second-order valence-corrected chi connectivity index (χ2v) is 16.3. The zero-order valence-corrected chi connectivity index (χ0v) is 37.3. The molecule has 0 aliphatic carbocycles. The molecule has 0 aliphatic rings. The van der Waals surface area contributed by atoms with Gasteiger partial charge in [0.2, 0.25) is 0 Å². The van der Waals surface area contributed by atoms with Gasteiger partial charge in [-0.05, 0) is 64.2 Å². The summed E-state index contributed by atoms with van der Waals surface area (Å²) < 4.78 is 33.3. The van der Waals surface area contributed by atoms with E-state index in [1.165, 1.54) is 64.2 Å². The van der Waals surface area contributed by atoms with E-state index in [-0.39, 0.29) is 13.0 Å². The number of phosphoric acid groups is 1. The molecule has 0 aliphatic heterocycles. The Kier molecular flexibility index (Phi) is 40.6. The number of hydrogen-bond acceptors (Lipinski definition) is 8. The Morgan fingerprint density at radius 3 is 1.50 bits per heavy atom. The van der Waals surface area contributed by atoms with Gasteiger partial charge in [-0.3, -0.25) is 18.6 Å². The largest absolute Gasteiger partial charge is 0.480 e. The van der Waals surface area contributed by atoms with Crippen LogP contribution >= 0.6 is 7.82 Å². The summed E-state index contributed by atoms with van der Waals surface area (Å²) >= 11 is 0. The van der Waals surface area contributed by atoms with Crippen LogP contribution < -0.4 is 5.73 Å². The predicted molar refractivity (Wildman–Crippen MR) is 240 cm³/mol. The number of phosphoric ester groups is 1. The molecule has 0 bridgehead atoms. The van der Waals surface area contributed by atoms with E-state index in [1.54, 1.807) is 0 Å². The third kappa shape index (κ3) is 41.6. The molecule has 0 aromatic rings. The van der Waals surface area contributed by atoms with E-state index in [0.29, 0.717) is 13.0 Å². The van der Waals surface area contributed by atoms with Crippen molar-refractivity contribution in [1.29, 1.82) is 0 Å². The van der Waals surface area contributed by atoms with E-state index >= 15 is 0 Å². The molecule has 4 N–H and O–H groups in total. The Morgan fingerprint density at radius 2 is 1.00 bits per heavy atom. The Bertz CT molecular complexity index is 1200. The lowest BCUT2D eigenvalue weighted by Gasteiger charge is -2.20. The molecular formula is C47H82NO9P. The number of ether oxygens (including phenoxy) is 2. The third-order valence-electron chi connectivity index (χ3n) is 9.25. The molecule has 11 heteroatoms. The highest BCUT2D eigenvalue weighted by atomic mass is 31.2. The molecule has 0 saturated carbocycles. The highest BCUT2D eigenvalue weighted by molar-refractivity contribution is 7.47. The second-order valence-electron chi connectivity index (χ2n) is 14.8. The normalized spacial score (nSPS) is 14.6. The van der Waals surface area contributed by atoms with Crippen molar-refractivity contribution in [3.05, 3.63) is 72.9 Å². The maximum Gasteiger partial charge on any atom is 0.472 e. The molecule has 0 saturated heterocycles. The molecule has 0 heterocycles. The summed E-state index contributed by atoms with van der Waals surface area (Å²) in [6, 6.07) is -1.48. The first-order chi connectivity index (χ1) is 28.2. The fourth-order valence-electron chi connectivity index (χ4n) is 5.78. The fourth-order valence-corrected chi connectivity index (χ4v) is 6.56. The monoisotopic (exact) mass is 836 g/mol. The van der Waals surface area contributed by atoms with E-state index < -0.39 is 45.1 Å². The summed E-state index contributed by atoms with van der Waals surface area (Å²) in [5, 5.41) is 8.90. The van der Waals surface area contributed by atoms with Crippen molar-refractivity contribution in [3.8, 4) is 0 Å². The zero-order chi connectivity index (χ0) is 42.6. The number of esters is 1. The third-order valence-corrected chi connectivity index (χ3v) is 10.2. The quantitative estimate of drug-likeness (QED) is 0.0234. The number of carboxylic acids is 1. The van der Waals surface area contributed by atoms with Crippen LogP contribution in [0.3, 0.4) is 0 Å². The van der Waals surface area contributed by atoms with Gasteiger partial charge in [0.15, 0.2) is 0 Å². The smallest absolute Gasteiger partial charge is 0.472 e. The van der Waals surface area contributed by atoms with Crippen LogP contribution in [0.15, 0.2) is 72.9 Å². The van der Waals surface area contributed by atoms with Crippen molar-refractivity contribution in [2.75, 3.05) is 26.4 Å². The van der Waals surface area contributed by atoms with E-state index in [4.69, 9.17) is 29.4 Å². The number of nitrogens with two attached hydrogens (primary N) is 1. The number of rotatable bonds is 42. The van der Waals surface area contributed by atoms with Crippen molar-refractivity contribution in [2.45, 2.75) is 187 Å². The molecular weight excluding hydrogens is 753 g/mol. The van der Waals surface area contributed by atoms with Gasteiger partial charge in [-0.25, -0.2) is 4.57 Å². The SMILES string of the molecule is CC/C=C\C/C=C\C/C=C\C/C=C\C/C=C\C/C=C\CCCCCCC(=O)OC(COCCCCCCCCCCCCCCC)COP(=O)(O)OCC(N)C(=O)O. The molecule has 0 fully saturated rings. The van der Waals surface area contributed by atoms with Gasteiger partial charge in [0.05, 0.1) is 19.8 Å². The summed E-state index contributed by atoms with van der Waals surface area (Å²) in [5.74, 6) is -1.81. The minimum atomic E-state index is -4.63.